The van der Waals surface area contributed by atoms with Gasteiger partial charge in [0, 0.05) is 7.11 Å². The molecule has 0 fully saturated rings. The summed E-state index contributed by atoms with van der Waals surface area (Å²) in [6.07, 6.45) is 0. The number of hydrogen-bond acceptors (Lipinski definition) is 5. The maximum atomic E-state index is 13.6. The maximum Gasteiger partial charge on any atom is 0.321 e. The van der Waals surface area contributed by atoms with Crippen LogP contribution in [0.4, 0.5) is 5.95 Å². The number of nitrogens with zero attached hydrogens (tertiary/aromatic N) is 3. The molecule has 1 amide bonds. The van der Waals surface area contributed by atoms with E-state index in [2.05, 4.69) is 0 Å². The second-order valence-corrected chi connectivity index (χ2v) is 7.92. The highest BCUT2D eigenvalue weighted by Gasteiger charge is 2.47. The monoisotopic (exact) mass is 461 g/mol. The van der Waals surface area contributed by atoms with Crippen LogP contribution in [-0.2, 0) is 19.1 Å². The number of ether oxygens (including phenoxy) is 2. The van der Waals surface area contributed by atoms with Crippen LogP contribution >= 0.6 is 23.2 Å². The van der Waals surface area contributed by atoms with E-state index in [-0.39, 0.29) is 13.2 Å². The van der Waals surface area contributed by atoms with Gasteiger partial charge in [-0.05, 0) is 36.8 Å². The lowest BCUT2D eigenvalue weighted by Gasteiger charge is -2.37. The van der Waals surface area contributed by atoms with Crippen molar-refractivity contribution in [2.75, 3.05) is 31.8 Å². The molecular formula is C22H21Cl2N3O4. The fourth-order valence-corrected chi connectivity index (χ4v) is 4.25. The molecule has 162 valence electrons. The summed E-state index contributed by atoms with van der Waals surface area (Å²) in [4.78, 5) is 32.8. The second kappa shape index (κ2) is 8.86. The molecule has 0 aliphatic carbocycles. The van der Waals surface area contributed by atoms with Crippen LogP contribution in [0.25, 0.3) is 11.0 Å². The van der Waals surface area contributed by atoms with Gasteiger partial charge >= 0.3 is 5.97 Å². The Kier molecular flexibility index (Phi) is 6.18. The van der Waals surface area contributed by atoms with Gasteiger partial charge in [-0.15, -0.1) is 0 Å². The maximum absolute atomic E-state index is 13.6. The normalized spacial score (nSPS) is 18.3. The van der Waals surface area contributed by atoms with Crippen LogP contribution in [0.15, 0.2) is 42.5 Å². The molecule has 0 N–H and O–H groups in total. The quantitative estimate of drug-likeness (QED) is 0.407. The lowest BCUT2D eigenvalue weighted by atomic mass is 9.89. The number of halogens is 2. The number of carbonyl (C=O) groups excluding carboxylic acids is 2. The third kappa shape index (κ3) is 3.78. The first-order chi connectivity index (χ1) is 15.0. The zero-order valence-electron chi connectivity index (χ0n) is 17.0. The van der Waals surface area contributed by atoms with E-state index in [1.807, 2.05) is 28.8 Å². The molecule has 0 saturated heterocycles. The molecule has 7 nitrogen and oxygen atoms in total. The van der Waals surface area contributed by atoms with Crippen LogP contribution in [-0.4, -0.2) is 48.3 Å². The highest BCUT2D eigenvalue weighted by molar-refractivity contribution is 6.42. The Morgan fingerprint density at radius 2 is 1.94 bits per heavy atom. The predicted octanol–water partition coefficient (Wildman–Crippen LogP) is 4.10. The average Bonchev–Trinajstić information content (AvgIpc) is 3.13. The van der Waals surface area contributed by atoms with Gasteiger partial charge in [0.2, 0.25) is 11.9 Å². The number of benzene rings is 2. The number of hydrogen-bond donors (Lipinski definition) is 0. The lowest BCUT2D eigenvalue weighted by Crippen LogP contribution is -2.51. The minimum absolute atomic E-state index is 0.159. The largest absolute Gasteiger partial charge is 0.465 e. The number of anilines is 1. The van der Waals surface area contributed by atoms with E-state index < -0.39 is 23.8 Å². The third-order valence-corrected chi connectivity index (χ3v) is 6.03. The summed E-state index contributed by atoms with van der Waals surface area (Å²) in [7, 11) is 1.55. The molecule has 4 rings (SSSR count). The average molecular weight is 462 g/mol. The number of imidazole rings is 1. The molecule has 0 bridgehead atoms. The summed E-state index contributed by atoms with van der Waals surface area (Å²) in [5.41, 5.74) is 2.16. The molecule has 31 heavy (non-hydrogen) atoms. The molecule has 2 heterocycles. The van der Waals surface area contributed by atoms with Crippen molar-refractivity contribution >= 4 is 52.1 Å². The summed E-state index contributed by atoms with van der Waals surface area (Å²) >= 11 is 12.4. The molecule has 0 spiro atoms. The first kappa shape index (κ1) is 21.6. The van der Waals surface area contributed by atoms with Crippen LogP contribution in [0.5, 0.6) is 0 Å². The summed E-state index contributed by atoms with van der Waals surface area (Å²) < 4.78 is 12.4. The molecule has 1 aliphatic rings. The van der Waals surface area contributed by atoms with Gasteiger partial charge in [0.15, 0.2) is 5.92 Å². The minimum Gasteiger partial charge on any atom is -0.465 e. The van der Waals surface area contributed by atoms with Crippen LogP contribution < -0.4 is 4.90 Å². The molecule has 1 aromatic heterocycles. The van der Waals surface area contributed by atoms with E-state index in [9.17, 15) is 9.59 Å². The predicted molar refractivity (Wildman–Crippen MR) is 119 cm³/mol. The Bertz CT molecular complexity index is 1150. The molecule has 3 aromatic rings. The van der Waals surface area contributed by atoms with Gasteiger partial charge in [-0.25, -0.2) is 4.98 Å². The van der Waals surface area contributed by atoms with Crippen molar-refractivity contribution in [2.24, 2.45) is 5.92 Å². The topological polar surface area (TPSA) is 73.7 Å². The fourth-order valence-electron chi connectivity index (χ4n) is 3.94. The van der Waals surface area contributed by atoms with Crippen molar-refractivity contribution in [3.05, 3.63) is 58.1 Å². The molecule has 2 aromatic carbocycles. The summed E-state index contributed by atoms with van der Waals surface area (Å²) in [6, 6.07) is 11.9. The van der Waals surface area contributed by atoms with Crippen LogP contribution in [0.2, 0.25) is 10.0 Å². The van der Waals surface area contributed by atoms with E-state index in [4.69, 9.17) is 37.7 Å². The SMILES string of the molecule is CCOC(=O)[C@H]1C(=O)N(CCOC)c2nc3ccccc3n2[C@@H]1c1ccc(Cl)c(Cl)c1. The molecule has 9 heteroatoms. The van der Waals surface area contributed by atoms with Crippen molar-refractivity contribution < 1.29 is 19.1 Å². The van der Waals surface area contributed by atoms with Crippen molar-refractivity contribution in [1.82, 2.24) is 9.55 Å². The number of aromatic nitrogens is 2. The number of methoxy groups -OCH3 is 1. The lowest BCUT2D eigenvalue weighted by molar-refractivity contribution is -0.153. The Balaban J connectivity index is 1.99. The van der Waals surface area contributed by atoms with Gasteiger partial charge in [-0.2, -0.15) is 0 Å². The Morgan fingerprint density at radius 1 is 1.16 bits per heavy atom. The van der Waals surface area contributed by atoms with Gasteiger partial charge < -0.3 is 14.0 Å². The highest BCUT2D eigenvalue weighted by atomic mass is 35.5. The Morgan fingerprint density at radius 3 is 2.65 bits per heavy atom. The third-order valence-electron chi connectivity index (χ3n) is 5.29. The van der Waals surface area contributed by atoms with Crippen LogP contribution in [0.3, 0.4) is 0 Å². The van der Waals surface area contributed by atoms with E-state index >= 15 is 0 Å². The van der Waals surface area contributed by atoms with Gasteiger partial charge in [0.05, 0.1) is 46.9 Å². The molecule has 0 saturated carbocycles. The summed E-state index contributed by atoms with van der Waals surface area (Å²) in [6.45, 7) is 2.41. The number of rotatable bonds is 6. The number of esters is 1. The van der Waals surface area contributed by atoms with Gasteiger partial charge in [-0.1, -0.05) is 41.4 Å². The molecule has 0 unspecified atom stereocenters. The molecule has 0 radical (unpaired) electrons. The van der Waals surface area contributed by atoms with Crippen LogP contribution in [0.1, 0.15) is 18.5 Å². The van der Waals surface area contributed by atoms with Gasteiger partial charge in [0.25, 0.3) is 0 Å². The van der Waals surface area contributed by atoms with Crippen molar-refractivity contribution in [3.63, 3.8) is 0 Å². The van der Waals surface area contributed by atoms with Gasteiger partial charge in [0.1, 0.15) is 0 Å². The number of carbonyl (C=O) groups is 2. The van der Waals surface area contributed by atoms with Crippen molar-refractivity contribution in [3.8, 4) is 0 Å². The zero-order valence-corrected chi connectivity index (χ0v) is 18.6. The standard InChI is InChI=1S/C22H21Cl2N3O4/c1-3-31-21(29)18-19(13-8-9-14(23)15(24)12-13)27-17-7-5-4-6-16(17)25-22(27)26(20(18)28)10-11-30-2/h4-9,12,18-19H,3,10-11H2,1-2H3/t18-,19-/m1/s1. The van der Waals surface area contributed by atoms with E-state index in [1.54, 1.807) is 32.2 Å². The first-order valence-corrected chi connectivity index (χ1v) is 10.6. The second-order valence-electron chi connectivity index (χ2n) is 7.10. The van der Waals surface area contributed by atoms with E-state index in [0.29, 0.717) is 33.7 Å². The summed E-state index contributed by atoms with van der Waals surface area (Å²) in [5.74, 6) is -1.66. The molecule has 2 atom stereocenters. The number of amides is 1. The van der Waals surface area contributed by atoms with Crippen molar-refractivity contribution in [2.45, 2.75) is 13.0 Å². The highest BCUT2D eigenvalue weighted by Crippen LogP contribution is 2.42. The smallest absolute Gasteiger partial charge is 0.321 e. The zero-order chi connectivity index (χ0) is 22.1. The van der Waals surface area contributed by atoms with Gasteiger partial charge in [-0.3, -0.25) is 14.5 Å². The Hall–Kier alpha value is -2.61. The van der Waals surface area contributed by atoms with E-state index in [0.717, 1.165) is 5.52 Å². The van der Waals surface area contributed by atoms with Crippen LogP contribution in [0, 0.1) is 5.92 Å². The van der Waals surface area contributed by atoms with E-state index in [1.165, 1.54) is 4.90 Å². The fraction of sp³-hybridized carbons (Fsp3) is 0.318. The number of fused-ring (bicyclic) bond motifs is 3. The summed E-state index contributed by atoms with van der Waals surface area (Å²) in [5, 5.41) is 0.722. The minimum atomic E-state index is -1.11. The Labute approximate surface area is 189 Å². The molecular weight excluding hydrogens is 441 g/mol. The first-order valence-electron chi connectivity index (χ1n) is 9.86. The van der Waals surface area contributed by atoms with Crippen molar-refractivity contribution in [1.29, 1.82) is 0 Å². The molecule has 1 aliphatic heterocycles. The number of para-hydroxylation sites is 2.